The number of Topliss-reactive ketones (excluding diaryl/α,β-unsaturated/α-hetero) is 1. The van der Waals surface area contributed by atoms with Gasteiger partial charge < -0.3 is 10.5 Å². The molecule has 0 aliphatic heterocycles. The van der Waals surface area contributed by atoms with Gasteiger partial charge in [-0.05, 0) is 0 Å². The summed E-state index contributed by atoms with van der Waals surface area (Å²) in [6.45, 7) is 9.37. The molecule has 0 saturated carbocycles. The normalized spacial score (nSPS) is 9.38. The lowest BCUT2D eigenvalue weighted by molar-refractivity contribution is -0.122. The third-order valence-electron chi connectivity index (χ3n) is 1.40. The molecule has 0 atom stereocenters. The number of carbonyl (C=O) groups excluding carboxylic acids is 1. The average Bonchev–Trinajstić information content (AvgIpc) is 2.15. The van der Waals surface area contributed by atoms with Gasteiger partial charge in [-0.25, -0.2) is 0 Å². The van der Waals surface area contributed by atoms with Crippen molar-refractivity contribution in [1.82, 2.24) is 0 Å². The van der Waals surface area contributed by atoms with Crippen LogP contribution in [0.25, 0.3) is 0 Å². The lowest BCUT2D eigenvalue weighted by Crippen LogP contribution is -2.13. The van der Waals surface area contributed by atoms with Crippen LogP contribution in [0.1, 0.15) is 35.5 Å². The predicted octanol–water partition coefficient (Wildman–Crippen LogP) is 1.85. The highest BCUT2D eigenvalue weighted by atomic mass is 16.5. The van der Waals surface area contributed by atoms with E-state index in [1.54, 1.807) is 0 Å². The molecule has 0 unspecified atom stereocenters. The fourth-order valence-electron chi connectivity index (χ4n) is 0.647. The van der Waals surface area contributed by atoms with Crippen molar-refractivity contribution in [3.63, 3.8) is 0 Å². The van der Waals surface area contributed by atoms with Crippen molar-refractivity contribution < 1.29 is 11.0 Å². The number of ketones is 1. The third-order valence-corrected chi connectivity index (χ3v) is 1.40. The highest BCUT2D eigenvalue weighted by Gasteiger charge is 2.05. The van der Waals surface area contributed by atoms with Gasteiger partial charge in [0.15, 0.2) is 0 Å². The van der Waals surface area contributed by atoms with Crippen molar-refractivity contribution in [3.8, 4) is 0 Å². The summed E-state index contributed by atoms with van der Waals surface area (Å²) in [7, 11) is 0. The first-order valence-corrected chi connectivity index (χ1v) is 4.99. The van der Waals surface area contributed by atoms with Gasteiger partial charge >= 0.3 is 0 Å². The molecule has 0 saturated heterocycles. The molecule has 0 radical (unpaired) electrons. The molecule has 0 heterocycles. The highest BCUT2D eigenvalue weighted by molar-refractivity contribution is 5.80. The van der Waals surface area contributed by atoms with Crippen LogP contribution in [0.3, 0.4) is 0 Å². The SMILES string of the molecule is CC.CC(C)C(=O)CCOCCN.[HH]. The summed E-state index contributed by atoms with van der Waals surface area (Å²) in [5.41, 5.74) is 5.20. The Morgan fingerprint density at radius 2 is 1.92 bits per heavy atom. The van der Waals surface area contributed by atoms with Gasteiger partial charge in [0.25, 0.3) is 0 Å². The quantitative estimate of drug-likeness (QED) is 0.652. The van der Waals surface area contributed by atoms with Crippen LogP contribution in [0, 0.1) is 5.92 Å². The number of hydrogen-bond donors (Lipinski definition) is 1. The van der Waals surface area contributed by atoms with Gasteiger partial charge in [0, 0.05) is 20.3 Å². The topological polar surface area (TPSA) is 52.3 Å². The van der Waals surface area contributed by atoms with Crippen molar-refractivity contribution in [3.05, 3.63) is 0 Å². The molecular weight excluding hydrogens is 166 g/mol. The van der Waals surface area contributed by atoms with Crippen molar-refractivity contribution >= 4 is 5.78 Å². The second-order valence-electron chi connectivity index (χ2n) is 2.77. The summed E-state index contributed by atoms with van der Waals surface area (Å²) in [5, 5.41) is 0. The molecule has 0 bridgehead atoms. The summed E-state index contributed by atoms with van der Waals surface area (Å²) in [6.07, 6.45) is 0.512. The Bertz CT molecular complexity index is 119. The maximum absolute atomic E-state index is 11.0. The third kappa shape index (κ3) is 11.6. The van der Waals surface area contributed by atoms with E-state index in [0.29, 0.717) is 26.2 Å². The van der Waals surface area contributed by atoms with E-state index < -0.39 is 0 Å². The molecule has 0 fully saturated rings. The van der Waals surface area contributed by atoms with E-state index in [9.17, 15) is 4.79 Å². The zero-order valence-electron chi connectivity index (χ0n) is 9.30. The monoisotopic (exact) mass is 191 g/mol. The highest BCUT2D eigenvalue weighted by Crippen LogP contribution is 1.98. The fraction of sp³-hybridized carbons (Fsp3) is 0.900. The predicted molar refractivity (Wildman–Crippen MR) is 57.8 cm³/mol. The van der Waals surface area contributed by atoms with E-state index in [-0.39, 0.29) is 13.1 Å². The van der Waals surface area contributed by atoms with E-state index in [4.69, 9.17) is 10.5 Å². The summed E-state index contributed by atoms with van der Waals surface area (Å²) in [4.78, 5) is 11.0. The zero-order chi connectivity index (χ0) is 10.7. The average molecular weight is 191 g/mol. The van der Waals surface area contributed by atoms with Crippen molar-refractivity contribution in [1.29, 1.82) is 0 Å². The van der Waals surface area contributed by atoms with E-state index in [1.807, 2.05) is 27.7 Å². The van der Waals surface area contributed by atoms with Crippen LogP contribution < -0.4 is 5.73 Å². The van der Waals surface area contributed by atoms with E-state index in [1.165, 1.54) is 0 Å². The molecular formula is C10H25NO2. The van der Waals surface area contributed by atoms with Crippen LogP contribution in [0.4, 0.5) is 0 Å². The summed E-state index contributed by atoms with van der Waals surface area (Å²) < 4.78 is 5.06. The molecule has 0 aromatic rings. The van der Waals surface area contributed by atoms with Crippen molar-refractivity contribution in [2.24, 2.45) is 11.7 Å². The maximum Gasteiger partial charge on any atom is 0.137 e. The summed E-state index contributed by atoms with van der Waals surface area (Å²) in [5.74, 6) is 0.374. The number of carbonyl (C=O) groups is 1. The second-order valence-corrected chi connectivity index (χ2v) is 2.77. The smallest absolute Gasteiger partial charge is 0.137 e. The van der Waals surface area contributed by atoms with E-state index in [2.05, 4.69) is 0 Å². The number of hydrogen-bond acceptors (Lipinski definition) is 3. The van der Waals surface area contributed by atoms with Crippen LogP contribution in [0.2, 0.25) is 0 Å². The summed E-state index contributed by atoms with van der Waals surface area (Å²) in [6, 6.07) is 0. The molecule has 3 nitrogen and oxygen atoms in total. The standard InChI is InChI=1S/C8H17NO2.C2H6.H2/c1-7(2)8(10)3-5-11-6-4-9;1-2;/h7H,3-6,9H2,1-2H3;1-2H3;1H. The number of ether oxygens (including phenoxy) is 1. The van der Waals surface area contributed by atoms with Gasteiger partial charge in [-0.15, -0.1) is 0 Å². The first-order chi connectivity index (χ1) is 6.18. The van der Waals surface area contributed by atoms with Crippen LogP contribution in [-0.4, -0.2) is 25.5 Å². The Kier molecular flexibility index (Phi) is 13.4. The molecule has 0 aromatic heterocycles. The largest absolute Gasteiger partial charge is 0.380 e. The van der Waals surface area contributed by atoms with Crippen LogP contribution in [-0.2, 0) is 9.53 Å². The minimum Gasteiger partial charge on any atom is -0.380 e. The summed E-state index contributed by atoms with van der Waals surface area (Å²) >= 11 is 0. The van der Waals surface area contributed by atoms with Gasteiger partial charge in [0.2, 0.25) is 0 Å². The Labute approximate surface area is 83.1 Å². The van der Waals surface area contributed by atoms with Gasteiger partial charge in [-0.3, -0.25) is 4.79 Å². The number of rotatable bonds is 6. The van der Waals surface area contributed by atoms with Crippen molar-refractivity contribution in [2.75, 3.05) is 19.8 Å². The maximum atomic E-state index is 11.0. The lowest BCUT2D eigenvalue weighted by Gasteiger charge is -2.03. The minimum atomic E-state index is 0. The van der Waals surface area contributed by atoms with Crippen LogP contribution in [0.5, 0.6) is 0 Å². The molecule has 13 heavy (non-hydrogen) atoms. The Morgan fingerprint density at radius 3 is 2.31 bits per heavy atom. The Hall–Kier alpha value is -0.410. The first-order valence-electron chi connectivity index (χ1n) is 4.99. The van der Waals surface area contributed by atoms with Gasteiger partial charge in [0.05, 0.1) is 13.2 Å². The van der Waals surface area contributed by atoms with Gasteiger partial charge in [-0.1, -0.05) is 27.7 Å². The Morgan fingerprint density at radius 1 is 1.38 bits per heavy atom. The van der Waals surface area contributed by atoms with E-state index >= 15 is 0 Å². The van der Waals surface area contributed by atoms with Gasteiger partial charge in [-0.2, -0.15) is 0 Å². The second kappa shape index (κ2) is 11.6. The molecule has 0 amide bonds. The lowest BCUT2D eigenvalue weighted by atomic mass is 10.1. The molecule has 2 N–H and O–H groups in total. The molecule has 3 heteroatoms. The molecule has 0 aromatic carbocycles. The van der Waals surface area contributed by atoms with Gasteiger partial charge in [0.1, 0.15) is 5.78 Å². The van der Waals surface area contributed by atoms with E-state index in [0.717, 1.165) is 0 Å². The van der Waals surface area contributed by atoms with Crippen LogP contribution >= 0.6 is 0 Å². The number of nitrogens with two attached hydrogens (primary N) is 1. The molecule has 0 rings (SSSR count). The minimum absolute atomic E-state index is 0. The Balaban J connectivity index is -0.000000376. The van der Waals surface area contributed by atoms with Crippen LogP contribution in [0.15, 0.2) is 0 Å². The van der Waals surface area contributed by atoms with Crippen molar-refractivity contribution in [2.45, 2.75) is 34.1 Å². The molecule has 0 aliphatic carbocycles. The molecule has 0 aliphatic rings. The molecule has 82 valence electrons. The fourth-order valence-corrected chi connectivity index (χ4v) is 0.647. The zero-order valence-corrected chi connectivity index (χ0v) is 9.30. The molecule has 0 spiro atoms. The first kappa shape index (κ1) is 15.1.